The average molecular weight is 272 g/mol. The Morgan fingerprint density at radius 2 is 2.35 bits per heavy atom. The van der Waals surface area contributed by atoms with Gasteiger partial charge in [-0.2, -0.15) is 0 Å². The molecular formula is C10H16N4OS2. The summed E-state index contributed by atoms with van der Waals surface area (Å²) < 4.78 is 0. The average Bonchev–Trinajstić information content (AvgIpc) is 2.53. The molecule has 1 atom stereocenters. The van der Waals surface area contributed by atoms with Gasteiger partial charge in [-0.15, -0.1) is 5.10 Å². The van der Waals surface area contributed by atoms with Crippen LogP contribution in [0, 0.1) is 0 Å². The zero-order chi connectivity index (χ0) is 13.0. The van der Waals surface area contributed by atoms with Gasteiger partial charge in [-0.25, -0.2) is 0 Å². The van der Waals surface area contributed by atoms with Gasteiger partial charge in [0.2, 0.25) is 5.91 Å². The van der Waals surface area contributed by atoms with Gasteiger partial charge in [0.1, 0.15) is 0 Å². The fraction of sp³-hybridized carbons (Fsp3) is 0.500. The molecule has 1 saturated heterocycles. The molecule has 0 aromatic carbocycles. The van der Waals surface area contributed by atoms with Crippen molar-refractivity contribution in [3.05, 3.63) is 12.2 Å². The van der Waals surface area contributed by atoms with Crippen molar-refractivity contribution in [1.29, 1.82) is 0 Å². The summed E-state index contributed by atoms with van der Waals surface area (Å²) in [5, 5.41) is 7.80. The summed E-state index contributed by atoms with van der Waals surface area (Å²) in [6.45, 7) is 8.03. The zero-order valence-electron chi connectivity index (χ0n) is 10.1. The van der Waals surface area contributed by atoms with E-state index in [0.29, 0.717) is 16.8 Å². The fourth-order valence-electron chi connectivity index (χ4n) is 1.24. The number of rotatable bonds is 3. The SMILES string of the molecule is C=C(C)CN1C(=O)C(C)SC1=NNC(=S)NC. The van der Waals surface area contributed by atoms with E-state index in [-0.39, 0.29) is 11.2 Å². The van der Waals surface area contributed by atoms with Gasteiger partial charge in [0.25, 0.3) is 0 Å². The van der Waals surface area contributed by atoms with Crippen molar-refractivity contribution in [2.75, 3.05) is 13.6 Å². The van der Waals surface area contributed by atoms with Crippen molar-refractivity contribution in [3.63, 3.8) is 0 Å². The Bertz CT molecular complexity index is 381. The molecule has 1 unspecified atom stereocenters. The van der Waals surface area contributed by atoms with E-state index in [0.717, 1.165) is 5.57 Å². The molecule has 1 heterocycles. The van der Waals surface area contributed by atoms with Crippen LogP contribution in [0.25, 0.3) is 0 Å². The van der Waals surface area contributed by atoms with Crippen LogP contribution in [0.5, 0.6) is 0 Å². The fourth-order valence-corrected chi connectivity index (χ4v) is 2.21. The first-order valence-corrected chi connectivity index (χ1v) is 6.42. The number of carbonyl (C=O) groups excluding carboxylic acids is 1. The van der Waals surface area contributed by atoms with Crippen molar-refractivity contribution in [3.8, 4) is 0 Å². The van der Waals surface area contributed by atoms with E-state index in [1.165, 1.54) is 11.8 Å². The van der Waals surface area contributed by atoms with E-state index in [1.807, 2.05) is 13.8 Å². The van der Waals surface area contributed by atoms with Gasteiger partial charge in [0.15, 0.2) is 10.3 Å². The van der Waals surface area contributed by atoms with Crippen molar-refractivity contribution in [2.24, 2.45) is 5.10 Å². The number of hydrazone groups is 1. The smallest absolute Gasteiger partial charge is 0.242 e. The summed E-state index contributed by atoms with van der Waals surface area (Å²) in [7, 11) is 1.71. The zero-order valence-corrected chi connectivity index (χ0v) is 11.7. The first-order chi connectivity index (χ1) is 7.95. The lowest BCUT2D eigenvalue weighted by molar-refractivity contribution is -0.125. The lowest BCUT2D eigenvalue weighted by atomic mass is 10.3. The van der Waals surface area contributed by atoms with Crippen LogP contribution < -0.4 is 10.7 Å². The second-order valence-electron chi connectivity index (χ2n) is 3.73. The third-order valence-corrected chi connectivity index (χ3v) is 3.41. The van der Waals surface area contributed by atoms with Crippen molar-refractivity contribution >= 4 is 40.2 Å². The maximum Gasteiger partial charge on any atom is 0.242 e. The molecule has 94 valence electrons. The van der Waals surface area contributed by atoms with Crippen LogP contribution >= 0.6 is 24.0 Å². The highest BCUT2D eigenvalue weighted by molar-refractivity contribution is 8.15. The third-order valence-electron chi connectivity index (χ3n) is 2.04. The number of nitrogens with one attached hydrogen (secondary N) is 2. The third kappa shape index (κ3) is 3.71. The van der Waals surface area contributed by atoms with Crippen LogP contribution in [-0.4, -0.2) is 39.9 Å². The van der Waals surface area contributed by atoms with Gasteiger partial charge in [-0.3, -0.25) is 15.1 Å². The van der Waals surface area contributed by atoms with Crippen LogP contribution in [-0.2, 0) is 4.79 Å². The van der Waals surface area contributed by atoms with Gasteiger partial charge in [-0.05, 0) is 26.1 Å². The number of nitrogens with zero attached hydrogens (tertiary/aromatic N) is 2. The van der Waals surface area contributed by atoms with E-state index in [2.05, 4.69) is 22.4 Å². The van der Waals surface area contributed by atoms with Crippen LogP contribution in [0.2, 0.25) is 0 Å². The molecule has 0 aromatic rings. The number of hydrogen-bond acceptors (Lipinski definition) is 4. The quantitative estimate of drug-likeness (QED) is 0.454. The summed E-state index contributed by atoms with van der Waals surface area (Å²) in [4.78, 5) is 13.5. The normalized spacial score (nSPS) is 21.8. The summed E-state index contributed by atoms with van der Waals surface area (Å²) in [6, 6.07) is 0. The highest BCUT2D eigenvalue weighted by Gasteiger charge is 2.34. The molecule has 1 aliphatic rings. The Morgan fingerprint density at radius 3 is 2.88 bits per heavy atom. The van der Waals surface area contributed by atoms with Crippen molar-refractivity contribution in [1.82, 2.24) is 15.6 Å². The van der Waals surface area contributed by atoms with Gasteiger partial charge in [0.05, 0.1) is 5.25 Å². The largest absolute Gasteiger partial charge is 0.364 e. The summed E-state index contributed by atoms with van der Waals surface area (Å²) >= 11 is 6.33. The topological polar surface area (TPSA) is 56.7 Å². The molecule has 0 aliphatic carbocycles. The van der Waals surface area contributed by atoms with Gasteiger partial charge in [-0.1, -0.05) is 23.9 Å². The highest BCUT2D eigenvalue weighted by Crippen LogP contribution is 2.26. The minimum Gasteiger partial charge on any atom is -0.364 e. The number of hydrogen-bond donors (Lipinski definition) is 2. The van der Waals surface area contributed by atoms with E-state index in [9.17, 15) is 4.79 Å². The predicted molar refractivity (Wildman–Crippen MR) is 75.8 cm³/mol. The van der Waals surface area contributed by atoms with Crippen LogP contribution in [0.1, 0.15) is 13.8 Å². The van der Waals surface area contributed by atoms with Crippen LogP contribution in [0.15, 0.2) is 17.3 Å². The summed E-state index contributed by atoms with van der Waals surface area (Å²) in [5.41, 5.74) is 3.60. The monoisotopic (exact) mass is 272 g/mol. The first kappa shape index (κ1) is 14.0. The second-order valence-corrected chi connectivity index (χ2v) is 5.44. The molecule has 1 amide bonds. The molecule has 1 fully saturated rings. The molecular weight excluding hydrogens is 256 g/mol. The maximum absolute atomic E-state index is 11.9. The molecule has 0 spiro atoms. The number of amidine groups is 1. The maximum atomic E-state index is 11.9. The molecule has 0 saturated carbocycles. The first-order valence-electron chi connectivity index (χ1n) is 5.13. The Morgan fingerprint density at radius 1 is 1.71 bits per heavy atom. The van der Waals surface area contributed by atoms with E-state index in [4.69, 9.17) is 12.2 Å². The van der Waals surface area contributed by atoms with Crippen molar-refractivity contribution < 1.29 is 4.79 Å². The van der Waals surface area contributed by atoms with Gasteiger partial charge >= 0.3 is 0 Å². The number of amides is 1. The standard InChI is InChI=1S/C10H16N4OS2/c1-6(2)5-14-8(15)7(3)17-10(14)13-12-9(16)11-4/h7H,1,5H2,2-4H3,(H2,11,12,16). The highest BCUT2D eigenvalue weighted by atomic mass is 32.2. The van der Waals surface area contributed by atoms with Gasteiger partial charge in [0, 0.05) is 13.6 Å². The minimum atomic E-state index is -0.113. The van der Waals surface area contributed by atoms with E-state index in [1.54, 1.807) is 11.9 Å². The molecule has 17 heavy (non-hydrogen) atoms. The minimum absolute atomic E-state index is 0.0499. The Balaban J connectivity index is 2.78. The molecule has 1 rings (SSSR count). The number of carbonyl (C=O) groups is 1. The molecule has 2 N–H and O–H groups in total. The molecule has 0 radical (unpaired) electrons. The van der Waals surface area contributed by atoms with E-state index < -0.39 is 0 Å². The summed E-state index contributed by atoms with van der Waals surface area (Å²) in [5.74, 6) is 0.0499. The van der Waals surface area contributed by atoms with Crippen LogP contribution in [0.4, 0.5) is 0 Å². The molecule has 0 bridgehead atoms. The number of thiocarbonyl (C=S) groups is 1. The predicted octanol–water partition coefficient (Wildman–Crippen LogP) is 0.891. The van der Waals surface area contributed by atoms with E-state index >= 15 is 0 Å². The summed E-state index contributed by atoms with van der Waals surface area (Å²) in [6.07, 6.45) is 0. The lowest BCUT2D eigenvalue weighted by Crippen LogP contribution is -2.35. The molecule has 1 aliphatic heterocycles. The Hall–Kier alpha value is -1.08. The second kappa shape index (κ2) is 6.02. The Labute approximate surface area is 111 Å². The number of thioether (sulfide) groups is 1. The lowest BCUT2D eigenvalue weighted by Gasteiger charge is -2.15. The van der Waals surface area contributed by atoms with Crippen LogP contribution in [0.3, 0.4) is 0 Å². The molecule has 7 heteroatoms. The Kier molecular flexibility index (Phi) is 4.95. The van der Waals surface area contributed by atoms with Crippen molar-refractivity contribution in [2.45, 2.75) is 19.1 Å². The molecule has 5 nitrogen and oxygen atoms in total. The van der Waals surface area contributed by atoms with Gasteiger partial charge < -0.3 is 5.32 Å². The molecule has 0 aromatic heterocycles.